The van der Waals surface area contributed by atoms with Gasteiger partial charge in [0.2, 0.25) is 0 Å². The Balaban J connectivity index is 2.13. The Hall–Kier alpha value is -2.54. The summed E-state index contributed by atoms with van der Waals surface area (Å²) in [5.74, 6) is -0.316. The van der Waals surface area contributed by atoms with E-state index in [0.29, 0.717) is 12.0 Å². The van der Waals surface area contributed by atoms with E-state index in [0.717, 1.165) is 11.3 Å². The van der Waals surface area contributed by atoms with Gasteiger partial charge in [0, 0.05) is 11.3 Å². The van der Waals surface area contributed by atoms with Crippen LogP contribution in [0.3, 0.4) is 0 Å². The average Bonchev–Trinajstić information content (AvgIpc) is 2.44. The number of halogens is 1. The zero-order valence-electron chi connectivity index (χ0n) is 11.1. The second kappa shape index (κ2) is 6.07. The number of phenols is 1. The molecule has 2 aromatic rings. The zero-order valence-corrected chi connectivity index (χ0v) is 11.1. The van der Waals surface area contributed by atoms with Crippen molar-refractivity contribution in [3.8, 4) is 11.8 Å². The number of rotatable bonds is 4. The van der Waals surface area contributed by atoms with Gasteiger partial charge >= 0.3 is 0 Å². The zero-order chi connectivity index (χ0) is 14.5. The van der Waals surface area contributed by atoms with Crippen molar-refractivity contribution in [2.75, 3.05) is 5.32 Å². The van der Waals surface area contributed by atoms with E-state index in [2.05, 4.69) is 11.4 Å². The van der Waals surface area contributed by atoms with Crippen LogP contribution in [0.2, 0.25) is 0 Å². The highest BCUT2D eigenvalue weighted by molar-refractivity contribution is 5.48. The van der Waals surface area contributed by atoms with Crippen molar-refractivity contribution in [3.05, 3.63) is 59.4 Å². The van der Waals surface area contributed by atoms with Crippen LogP contribution in [0.1, 0.15) is 24.1 Å². The first-order chi connectivity index (χ1) is 9.60. The van der Waals surface area contributed by atoms with E-state index in [4.69, 9.17) is 5.26 Å². The summed E-state index contributed by atoms with van der Waals surface area (Å²) < 4.78 is 13.2. The molecule has 102 valence electrons. The third-order valence-electron chi connectivity index (χ3n) is 3.08. The minimum atomic E-state index is -0.379. The standard InChI is InChI=1S/C16H15FN2O/c1-11(15-10-13(17)4-7-16(15)20)19-14-5-2-12(3-6-14)8-9-18/h2-7,10-11,19-20H,8H2,1H3. The maximum absolute atomic E-state index is 13.2. The van der Waals surface area contributed by atoms with Gasteiger partial charge in [0.05, 0.1) is 18.5 Å². The molecule has 2 N–H and O–H groups in total. The average molecular weight is 270 g/mol. The number of benzene rings is 2. The summed E-state index contributed by atoms with van der Waals surface area (Å²) in [4.78, 5) is 0. The van der Waals surface area contributed by atoms with E-state index in [1.165, 1.54) is 18.2 Å². The van der Waals surface area contributed by atoms with Crippen molar-refractivity contribution in [2.24, 2.45) is 0 Å². The molecule has 1 atom stereocenters. The van der Waals surface area contributed by atoms with Gasteiger partial charge in [-0.2, -0.15) is 5.26 Å². The lowest BCUT2D eigenvalue weighted by Gasteiger charge is -2.17. The quantitative estimate of drug-likeness (QED) is 0.889. The first-order valence-corrected chi connectivity index (χ1v) is 6.31. The molecule has 1 unspecified atom stereocenters. The SMILES string of the molecule is CC(Nc1ccc(CC#N)cc1)c1cc(F)ccc1O. The Bertz CT molecular complexity index is 632. The molecule has 0 heterocycles. The van der Waals surface area contributed by atoms with Crippen molar-refractivity contribution in [1.29, 1.82) is 5.26 Å². The molecule has 0 amide bonds. The van der Waals surface area contributed by atoms with Crippen molar-refractivity contribution < 1.29 is 9.50 Å². The van der Waals surface area contributed by atoms with Crippen LogP contribution in [0.5, 0.6) is 5.75 Å². The van der Waals surface area contributed by atoms with E-state index in [-0.39, 0.29) is 17.6 Å². The van der Waals surface area contributed by atoms with E-state index in [9.17, 15) is 9.50 Å². The lowest BCUT2D eigenvalue weighted by atomic mass is 10.1. The molecule has 0 saturated heterocycles. The van der Waals surface area contributed by atoms with Gasteiger partial charge in [-0.15, -0.1) is 0 Å². The van der Waals surface area contributed by atoms with Gasteiger partial charge in [0.15, 0.2) is 0 Å². The molecule has 2 rings (SSSR count). The Kier molecular flexibility index (Phi) is 4.21. The number of aromatic hydroxyl groups is 1. The number of nitriles is 1. The normalized spacial score (nSPS) is 11.7. The molecule has 2 aromatic carbocycles. The summed E-state index contributed by atoms with van der Waals surface area (Å²) >= 11 is 0. The Morgan fingerprint density at radius 3 is 2.60 bits per heavy atom. The minimum Gasteiger partial charge on any atom is -0.508 e. The predicted octanol–water partition coefficient (Wildman–Crippen LogP) is 3.77. The van der Waals surface area contributed by atoms with Gasteiger partial charge in [-0.1, -0.05) is 12.1 Å². The molecule has 0 aliphatic rings. The van der Waals surface area contributed by atoms with Crippen LogP contribution in [0.4, 0.5) is 10.1 Å². The largest absolute Gasteiger partial charge is 0.508 e. The molecule has 3 nitrogen and oxygen atoms in total. The highest BCUT2D eigenvalue weighted by Crippen LogP contribution is 2.27. The molecule has 0 aliphatic heterocycles. The van der Waals surface area contributed by atoms with E-state index < -0.39 is 0 Å². The van der Waals surface area contributed by atoms with Crippen LogP contribution in [-0.4, -0.2) is 5.11 Å². The third kappa shape index (κ3) is 3.27. The number of nitrogens with one attached hydrogen (secondary N) is 1. The van der Waals surface area contributed by atoms with Crippen molar-refractivity contribution in [3.63, 3.8) is 0 Å². The molecule has 0 fully saturated rings. The topological polar surface area (TPSA) is 56.0 Å². The smallest absolute Gasteiger partial charge is 0.123 e. The molecular formula is C16H15FN2O. The van der Waals surface area contributed by atoms with Gasteiger partial charge in [0.25, 0.3) is 0 Å². The molecule has 0 aliphatic carbocycles. The second-order valence-electron chi connectivity index (χ2n) is 4.60. The predicted molar refractivity (Wildman–Crippen MR) is 75.9 cm³/mol. The van der Waals surface area contributed by atoms with Gasteiger partial charge < -0.3 is 10.4 Å². The monoisotopic (exact) mass is 270 g/mol. The van der Waals surface area contributed by atoms with Gasteiger partial charge in [-0.25, -0.2) is 4.39 Å². The molecular weight excluding hydrogens is 255 g/mol. The fourth-order valence-electron chi connectivity index (χ4n) is 2.01. The Morgan fingerprint density at radius 1 is 1.25 bits per heavy atom. The van der Waals surface area contributed by atoms with Gasteiger partial charge in [-0.3, -0.25) is 0 Å². The summed E-state index contributed by atoms with van der Waals surface area (Å²) in [6, 6.07) is 13.2. The van der Waals surface area contributed by atoms with Gasteiger partial charge in [0.1, 0.15) is 11.6 Å². The number of nitrogens with zero attached hydrogens (tertiary/aromatic N) is 1. The molecule has 0 radical (unpaired) electrons. The van der Waals surface area contributed by atoms with Crippen molar-refractivity contribution >= 4 is 5.69 Å². The van der Waals surface area contributed by atoms with E-state index >= 15 is 0 Å². The van der Waals surface area contributed by atoms with Crippen LogP contribution in [0.25, 0.3) is 0 Å². The summed E-state index contributed by atoms with van der Waals surface area (Å²) in [5.41, 5.74) is 2.30. The van der Waals surface area contributed by atoms with E-state index in [1.54, 1.807) is 0 Å². The van der Waals surface area contributed by atoms with Gasteiger partial charge in [-0.05, 0) is 42.8 Å². The number of hydrogen-bond donors (Lipinski definition) is 2. The molecule has 0 saturated carbocycles. The Morgan fingerprint density at radius 2 is 1.95 bits per heavy atom. The molecule has 0 bridgehead atoms. The summed E-state index contributed by atoms with van der Waals surface area (Å²) in [7, 11) is 0. The first kappa shape index (κ1) is 13.9. The molecule has 4 heteroatoms. The number of phenolic OH excluding ortho intramolecular Hbond substituents is 1. The molecule has 0 aromatic heterocycles. The maximum Gasteiger partial charge on any atom is 0.123 e. The number of anilines is 1. The minimum absolute atomic E-state index is 0.0625. The maximum atomic E-state index is 13.2. The Labute approximate surface area is 117 Å². The molecule has 20 heavy (non-hydrogen) atoms. The van der Waals surface area contributed by atoms with Crippen LogP contribution in [-0.2, 0) is 6.42 Å². The summed E-state index contributed by atoms with van der Waals surface area (Å²) in [6.45, 7) is 1.84. The third-order valence-corrected chi connectivity index (χ3v) is 3.08. The van der Waals surface area contributed by atoms with E-state index in [1.807, 2.05) is 31.2 Å². The summed E-state index contributed by atoms with van der Waals surface area (Å²) in [5, 5.41) is 21.6. The van der Waals surface area contributed by atoms with Crippen LogP contribution >= 0.6 is 0 Å². The fraction of sp³-hybridized carbons (Fsp3) is 0.188. The van der Waals surface area contributed by atoms with Crippen molar-refractivity contribution in [2.45, 2.75) is 19.4 Å². The summed E-state index contributed by atoms with van der Waals surface area (Å²) in [6.07, 6.45) is 0.376. The lowest BCUT2D eigenvalue weighted by Crippen LogP contribution is -2.07. The van der Waals surface area contributed by atoms with Crippen LogP contribution < -0.4 is 5.32 Å². The lowest BCUT2D eigenvalue weighted by molar-refractivity contribution is 0.462. The highest BCUT2D eigenvalue weighted by Gasteiger charge is 2.11. The van der Waals surface area contributed by atoms with Crippen molar-refractivity contribution in [1.82, 2.24) is 0 Å². The first-order valence-electron chi connectivity index (χ1n) is 6.31. The second-order valence-corrected chi connectivity index (χ2v) is 4.60. The fourth-order valence-corrected chi connectivity index (χ4v) is 2.01. The van der Waals surface area contributed by atoms with Crippen LogP contribution in [0.15, 0.2) is 42.5 Å². The molecule has 0 spiro atoms. The number of hydrogen-bond acceptors (Lipinski definition) is 3. The van der Waals surface area contributed by atoms with Crippen LogP contribution in [0, 0.1) is 17.1 Å². The highest BCUT2D eigenvalue weighted by atomic mass is 19.1.